The molecule has 0 bridgehead atoms. The lowest BCUT2D eigenvalue weighted by molar-refractivity contribution is 0.774. The molecule has 2 aromatic carbocycles. The molecular weight excluding hydrogens is 246 g/mol. The second-order valence-corrected chi connectivity index (χ2v) is 5.29. The highest BCUT2D eigenvalue weighted by Gasteiger charge is 2.21. The van der Waals surface area contributed by atoms with Crippen LogP contribution in [0.1, 0.15) is 11.1 Å². The molecule has 0 radical (unpaired) electrons. The maximum absolute atomic E-state index is 4.17. The van der Waals surface area contributed by atoms with Gasteiger partial charge in [-0.05, 0) is 30.0 Å². The first kappa shape index (κ1) is 11.4. The minimum Gasteiger partial charge on any atom is -0.380 e. The van der Waals surface area contributed by atoms with Crippen LogP contribution in [0, 0.1) is 0 Å². The Bertz CT molecular complexity index is 737. The van der Waals surface area contributed by atoms with Crippen LogP contribution in [0.25, 0.3) is 10.9 Å². The highest BCUT2D eigenvalue weighted by molar-refractivity contribution is 5.90. The van der Waals surface area contributed by atoms with Crippen molar-refractivity contribution in [1.82, 2.24) is 10.2 Å². The highest BCUT2D eigenvalue weighted by Crippen LogP contribution is 2.27. The maximum atomic E-state index is 4.17. The van der Waals surface area contributed by atoms with E-state index < -0.39 is 0 Å². The van der Waals surface area contributed by atoms with E-state index in [2.05, 4.69) is 45.8 Å². The van der Waals surface area contributed by atoms with Crippen LogP contribution < -0.4 is 5.32 Å². The topological polar surface area (TPSA) is 37.8 Å². The van der Waals surface area contributed by atoms with E-state index in [1.54, 1.807) is 0 Å². The van der Waals surface area contributed by atoms with Gasteiger partial charge >= 0.3 is 0 Å². The Labute approximate surface area is 117 Å². The monoisotopic (exact) mass is 261 g/mol. The Kier molecular flexibility index (Phi) is 2.62. The summed E-state index contributed by atoms with van der Waals surface area (Å²) in [5, 5.41) is 13.0. The van der Waals surface area contributed by atoms with E-state index >= 15 is 0 Å². The highest BCUT2D eigenvalue weighted by atomic mass is 15.1. The van der Waals surface area contributed by atoms with Gasteiger partial charge in [0.15, 0.2) is 0 Å². The third-order valence-electron chi connectivity index (χ3n) is 3.96. The van der Waals surface area contributed by atoms with Gasteiger partial charge < -0.3 is 5.32 Å². The van der Waals surface area contributed by atoms with Gasteiger partial charge in [0.25, 0.3) is 0 Å². The Morgan fingerprint density at radius 3 is 2.40 bits per heavy atom. The molecule has 3 heteroatoms. The van der Waals surface area contributed by atoms with E-state index in [0.717, 1.165) is 29.4 Å². The average molecular weight is 261 g/mol. The molecule has 0 amide bonds. The number of anilines is 1. The third-order valence-corrected chi connectivity index (χ3v) is 3.96. The van der Waals surface area contributed by atoms with Crippen molar-refractivity contribution in [3.05, 3.63) is 65.9 Å². The molecular formula is C17H15N3. The SMILES string of the molecule is c1ccc2c(c1)CC(Nc1cnnc3ccccc13)C2. The summed E-state index contributed by atoms with van der Waals surface area (Å²) in [6.45, 7) is 0. The van der Waals surface area contributed by atoms with Crippen molar-refractivity contribution in [2.45, 2.75) is 18.9 Å². The van der Waals surface area contributed by atoms with Gasteiger partial charge in [0.1, 0.15) is 0 Å². The summed E-state index contributed by atoms with van der Waals surface area (Å²) in [5.74, 6) is 0. The summed E-state index contributed by atoms with van der Waals surface area (Å²) in [7, 11) is 0. The predicted molar refractivity (Wildman–Crippen MR) is 80.8 cm³/mol. The number of hydrogen-bond donors (Lipinski definition) is 1. The molecule has 1 aliphatic rings. The number of rotatable bonds is 2. The van der Waals surface area contributed by atoms with Gasteiger partial charge in [0, 0.05) is 11.4 Å². The van der Waals surface area contributed by atoms with Crippen LogP contribution in [0.2, 0.25) is 0 Å². The number of hydrogen-bond acceptors (Lipinski definition) is 3. The van der Waals surface area contributed by atoms with E-state index in [4.69, 9.17) is 0 Å². The lowest BCUT2D eigenvalue weighted by Gasteiger charge is -2.14. The molecule has 0 unspecified atom stereocenters. The van der Waals surface area contributed by atoms with Gasteiger partial charge in [0.2, 0.25) is 0 Å². The van der Waals surface area contributed by atoms with Gasteiger partial charge in [-0.3, -0.25) is 0 Å². The fourth-order valence-electron chi connectivity index (χ4n) is 3.00. The molecule has 0 aliphatic heterocycles. The molecule has 98 valence electrons. The summed E-state index contributed by atoms with van der Waals surface area (Å²) in [4.78, 5) is 0. The van der Waals surface area contributed by atoms with Gasteiger partial charge in [-0.25, -0.2) is 0 Å². The first-order chi connectivity index (χ1) is 9.90. The summed E-state index contributed by atoms with van der Waals surface area (Å²) in [6.07, 6.45) is 3.98. The van der Waals surface area contributed by atoms with Crippen LogP contribution in [-0.2, 0) is 12.8 Å². The number of aromatic nitrogens is 2. The average Bonchev–Trinajstić information content (AvgIpc) is 2.90. The zero-order chi connectivity index (χ0) is 13.4. The van der Waals surface area contributed by atoms with Gasteiger partial charge in [-0.15, -0.1) is 0 Å². The van der Waals surface area contributed by atoms with E-state index in [0.29, 0.717) is 6.04 Å². The second kappa shape index (κ2) is 4.60. The molecule has 0 fully saturated rings. The lowest BCUT2D eigenvalue weighted by atomic mass is 10.1. The van der Waals surface area contributed by atoms with Crippen LogP contribution >= 0.6 is 0 Å². The van der Waals surface area contributed by atoms with Crippen molar-refractivity contribution in [3.8, 4) is 0 Å². The van der Waals surface area contributed by atoms with E-state index in [1.807, 2.05) is 24.4 Å². The summed E-state index contributed by atoms with van der Waals surface area (Å²) >= 11 is 0. The molecule has 0 saturated carbocycles. The number of nitrogens with zero attached hydrogens (tertiary/aromatic N) is 2. The molecule has 3 nitrogen and oxygen atoms in total. The minimum absolute atomic E-state index is 0.444. The number of fused-ring (bicyclic) bond motifs is 2. The van der Waals surface area contributed by atoms with Gasteiger partial charge in [0.05, 0.1) is 17.4 Å². The molecule has 20 heavy (non-hydrogen) atoms. The van der Waals surface area contributed by atoms with Gasteiger partial charge in [-0.2, -0.15) is 10.2 Å². The van der Waals surface area contributed by atoms with Crippen molar-refractivity contribution >= 4 is 16.6 Å². The molecule has 1 aromatic heterocycles. The fourth-order valence-corrected chi connectivity index (χ4v) is 3.00. The Hall–Kier alpha value is -2.42. The summed E-state index contributed by atoms with van der Waals surface area (Å²) in [5.41, 5.74) is 4.93. The van der Waals surface area contributed by atoms with Crippen LogP contribution in [0.3, 0.4) is 0 Å². The maximum Gasteiger partial charge on any atom is 0.0950 e. The molecule has 1 N–H and O–H groups in total. The summed E-state index contributed by atoms with van der Waals surface area (Å²) in [6, 6.07) is 17.2. The van der Waals surface area contributed by atoms with Crippen LogP contribution in [-0.4, -0.2) is 16.2 Å². The first-order valence-corrected chi connectivity index (χ1v) is 6.94. The molecule has 0 spiro atoms. The van der Waals surface area contributed by atoms with E-state index in [-0.39, 0.29) is 0 Å². The smallest absolute Gasteiger partial charge is 0.0950 e. The van der Waals surface area contributed by atoms with Crippen molar-refractivity contribution < 1.29 is 0 Å². The van der Waals surface area contributed by atoms with Crippen molar-refractivity contribution in [3.63, 3.8) is 0 Å². The zero-order valence-corrected chi connectivity index (χ0v) is 11.1. The summed E-state index contributed by atoms with van der Waals surface area (Å²) < 4.78 is 0. The number of nitrogens with one attached hydrogen (secondary N) is 1. The minimum atomic E-state index is 0.444. The zero-order valence-electron chi connectivity index (χ0n) is 11.1. The lowest BCUT2D eigenvalue weighted by Crippen LogP contribution is -2.19. The molecule has 0 saturated heterocycles. The predicted octanol–water partition coefficient (Wildman–Crippen LogP) is 3.21. The molecule has 0 atom stereocenters. The molecule has 4 rings (SSSR count). The Morgan fingerprint density at radius 1 is 0.900 bits per heavy atom. The van der Waals surface area contributed by atoms with Crippen LogP contribution in [0.15, 0.2) is 54.7 Å². The standard InChI is InChI=1S/C17H15N3/c1-2-6-13-10-14(9-12(13)5-1)19-17-11-18-20-16-8-4-3-7-15(16)17/h1-8,11,14H,9-10H2,(H,19,20). The Morgan fingerprint density at radius 2 is 1.60 bits per heavy atom. The molecule has 1 aliphatic carbocycles. The van der Waals surface area contributed by atoms with E-state index in [9.17, 15) is 0 Å². The second-order valence-electron chi connectivity index (χ2n) is 5.29. The fraction of sp³-hybridized carbons (Fsp3) is 0.176. The van der Waals surface area contributed by atoms with E-state index in [1.165, 1.54) is 11.1 Å². The van der Waals surface area contributed by atoms with Crippen LogP contribution in [0.4, 0.5) is 5.69 Å². The number of benzene rings is 2. The molecule has 1 heterocycles. The largest absolute Gasteiger partial charge is 0.380 e. The third kappa shape index (κ3) is 1.92. The first-order valence-electron chi connectivity index (χ1n) is 6.94. The normalized spacial score (nSPS) is 14.4. The van der Waals surface area contributed by atoms with Crippen molar-refractivity contribution in [1.29, 1.82) is 0 Å². The van der Waals surface area contributed by atoms with Crippen LogP contribution in [0.5, 0.6) is 0 Å². The van der Waals surface area contributed by atoms with Gasteiger partial charge in [-0.1, -0.05) is 42.5 Å². The quantitative estimate of drug-likeness (QED) is 0.769. The molecule has 3 aromatic rings. The van der Waals surface area contributed by atoms with Crippen molar-refractivity contribution in [2.24, 2.45) is 0 Å². The van der Waals surface area contributed by atoms with Crippen molar-refractivity contribution in [2.75, 3.05) is 5.32 Å². The Balaban J connectivity index is 1.64.